The van der Waals surface area contributed by atoms with Crippen molar-refractivity contribution in [3.8, 4) is 19.5 Å². The van der Waals surface area contributed by atoms with Crippen molar-refractivity contribution in [1.82, 2.24) is 0 Å². The summed E-state index contributed by atoms with van der Waals surface area (Å²) in [6.45, 7) is 28.8. The van der Waals surface area contributed by atoms with Crippen molar-refractivity contribution in [3.63, 3.8) is 0 Å². The molecule has 2 aliphatic rings. The zero-order chi connectivity index (χ0) is 49.6. The number of rotatable bonds is 12. The lowest BCUT2D eigenvalue weighted by molar-refractivity contribution is -0.264. The van der Waals surface area contributed by atoms with E-state index in [1.807, 2.05) is 144 Å². The molecule has 0 radical (unpaired) electrons. The lowest BCUT2D eigenvalue weighted by Crippen LogP contribution is -2.50. The standard InChI is InChI=1S/C48H46F6S4.2C3H6.C2H6/c1-9-11-13-14-18-32(6)45(31(5)17-12-10-2)33(7)35(27-29(3)37-21-23-41(57-37)39-19-15-25-55-39)43-44(47(51,52)48(53,54)46(43,49)50)36(34(45)8)28-30(4)38-22-24-42(58-38)40-20-16-26-56-40;2*1-3-2;1-2/h10,12-28H,9,11H2,1-8H3;2*3H,1H2,2H3;1-2H3/b12-10-,14-13-,29-27+,30-28+,31-17+,32-18+;;;. The second-order valence-electron chi connectivity index (χ2n) is 15.5. The minimum atomic E-state index is -5.71. The van der Waals surface area contributed by atoms with Gasteiger partial charge in [-0.2, -0.15) is 26.3 Å². The van der Waals surface area contributed by atoms with Crippen LogP contribution in [0.3, 0.4) is 0 Å². The van der Waals surface area contributed by atoms with Crippen LogP contribution >= 0.6 is 45.3 Å². The molecule has 0 bridgehead atoms. The van der Waals surface area contributed by atoms with E-state index in [0.29, 0.717) is 32.0 Å². The van der Waals surface area contributed by atoms with E-state index in [0.717, 1.165) is 32.4 Å². The highest BCUT2D eigenvalue weighted by molar-refractivity contribution is 7.22. The van der Waals surface area contributed by atoms with Gasteiger partial charge in [0.1, 0.15) is 0 Å². The van der Waals surface area contributed by atoms with Crippen LogP contribution in [0.1, 0.15) is 106 Å². The summed E-state index contributed by atoms with van der Waals surface area (Å²) in [5, 5.41) is 3.91. The summed E-state index contributed by atoms with van der Waals surface area (Å²) in [5.41, 5.74) is -1.87. The molecule has 0 aromatic carbocycles. The van der Waals surface area contributed by atoms with Gasteiger partial charge in [0.25, 0.3) is 0 Å². The van der Waals surface area contributed by atoms with Gasteiger partial charge in [-0.05, 0) is 149 Å². The van der Waals surface area contributed by atoms with E-state index in [1.165, 1.54) is 34.8 Å². The van der Waals surface area contributed by atoms with Crippen molar-refractivity contribution in [1.29, 1.82) is 0 Å². The summed E-state index contributed by atoms with van der Waals surface area (Å²) >= 11 is 5.96. The second-order valence-corrected chi connectivity index (χ2v) is 19.6. The molecule has 0 fully saturated rings. The molecule has 354 valence electrons. The van der Waals surface area contributed by atoms with Crippen molar-refractivity contribution in [2.45, 2.75) is 114 Å². The maximum absolute atomic E-state index is 16.8. The Hall–Kier alpha value is -4.48. The van der Waals surface area contributed by atoms with Crippen LogP contribution < -0.4 is 0 Å². The van der Waals surface area contributed by atoms with E-state index in [4.69, 9.17) is 0 Å². The number of unbranched alkanes of at least 4 members (excludes halogenated alkanes) is 1. The van der Waals surface area contributed by atoms with Gasteiger partial charge in [0.15, 0.2) is 0 Å². The molecule has 0 atom stereocenters. The molecule has 6 rings (SSSR count). The number of allylic oxidation sites excluding steroid dienone is 20. The van der Waals surface area contributed by atoms with Gasteiger partial charge >= 0.3 is 17.8 Å². The average Bonchev–Trinajstić information content (AvgIpc) is 4.14. The van der Waals surface area contributed by atoms with Crippen molar-refractivity contribution >= 4 is 56.5 Å². The Morgan fingerprint density at radius 3 is 1.35 bits per heavy atom. The first-order valence-electron chi connectivity index (χ1n) is 22.0. The van der Waals surface area contributed by atoms with Crippen LogP contribution in [0.5, 0.6) is 0 Å². The van der Waals surface area contributed by atoms with Gasteiger partial charge in [0.05, 0.1) is 5.41 Å². The van der Waals surface area contributed by atoms with E-state index in [2.05, 4.69) is 20.1 Å². The molecule has 0 amide bonds. The average molecular weight is 979 g/mol. The van der Waals surface area contributed by atoms with Crippen molar-refractivity contribution < 1.29 is 26.3 Å². The minimum absolute atomic E-state index is 0.258. The Morgan fingerprint density at radius 1 is 0.606 bits per heavy atom. The minimum Gasteiger partial charge on any atom is -0.194 e. The van der Waals surface area contributed by atoms with Crippen LogP contribution in [0, 0.1) is 5.41 Å². The van der Waals surface area contributed by atoms with Crippen LogP contribution in [0.15, 0.2) is 178 Å². The molecule has 0 nitrogen and oxygen atoms in total. The molecule has 4 heterocycles. The van der Waals surface area contributed by atoms with Crippen molar-refractivity contribution in [3.05, 3.63) is 188 Å². The van der Waals surface area contributed by atoms with Crippen LogP contribution in [0.25, 0.3) is 30.7 Å². The van der Waals surface area contributed by atoms with Crippen LogP contribution in [0.4, 0.5) is 26.3 Å². The number of thiophene rings is 4. The summed E-state index contributed by atoms with van der Waals surface area (Å²) in [7, 11) is 0. The van der Waals surface area contributed by atoms with Crippen molar-refractivity contribution in [2.75, 3.05) is 0 Å². The molecule has 0 spiro atoms. The van der Waals surface area contributed by atoms with Crippen LogP contribution in [0.2, 0.25) is 0 Å². The predicted molar refractivity (Wildman–Crippen MR) is 282 cm³/mol. The predicted octanol–water partition coefficient (Wildman–Crippen LogP) is 20.9. The lowest BCUT2D eigenvalue weighted by atomic mass is 9.62. The summed E-state index contributed by atoms with van der Waals surface area (Å²) in [4.78, 5) is 5.33. The Kier molecular flexibility index (Phi) is 20.7. The Balaban J connectivity index is 0.00000135. The maximum Gasteiger partial charge on any atom is 0.380 e. The van der Waals surface area contributed by atoms with Crippen LogP contribution in [-0.4, -0.2) is 17.8 Å². The van der Waals surface area contributed by atoms with Gasteiger partial charge in [-0.25, -0.2) is 0 Å². The third-order valence-corrected chi connectivity index (χ3v) is 15.6. The first-order chi connectivity index (χ1) is 31.3. The highest BCUT2D eigenvalue weighted by atomic mass is 32.1. The van der Waals surface area contributed by atoms with E-state index in [9.17, 15) is 0 Å². The molecule has 0 saturated carbocycles. The Bertz CT molecular complexity index is 2410. The summed E-state index contributed by atoms with van der Waals surface area (Å²) < 4.78 is 99.4. The van der Waals surface area contributed by atoms with Gasteiger partial charge in [-0.15, -0.1) is 58.5 Å². The normalized spacial score (nSPS) is 18.0. The highest BCUT2D eigenvalue weighted by Crippen LogP contribution is 2.67. The fourth-order valence-electron chi connectivity index (χ4n) is 8.09. The monoisotopic (exact) mass is 978 g/mol. The molecule has 0 aliphatic heterocycles. The first kappa shape index (κ1) is 55.8. The highest BCUT2D eigenvalue weighted by Gasteiger charge is 2.81. The molecule has 4 aromatic heterocycles. The topological polar surface area (TPSA) is 0 Å². The summed E-state index contributed by atoms with van der Waals surface area (Å²) in [6, 6.07) is 15.3. The fraction of sp³-hybridized carbons (Fsp3) is 0.321. The SMILES string of the molecule is C/C=C\C=C(/C)C1(/C(C)=C/C=C\CCC)C(C)=C(/C=C(\C)c2ccc(-c3cccs3)s2)C2=C(C(/C=C(\C)c3ccc(-c4cccs4)s3)=C1C)C(F)(F)C(F)(F)C2(F)F.C=CC.C=CC.CC. The van der Waals surface area contributed by atoms with E-state index in [-0.39, 0.29) is 22.3 Å². The zero-order valence-electron chi connectivity index (χ0n) is 40.3. The molecule has 2 aliphatic carbocycles. The molecule has 0 unspecified atom stereocenters. The van der Waals surface area contributed by atoms with Crippen LogP contribution in [-0.2, 0) is 0 Å². The molecule has 0 saturated heterocycles. The quantitative estimate of drug-likeness (QED) is 0.0754. The first-order valence-corrected chi connectivity index (χ1v) is 25.4. The second kappa shape index (κ2) is 24.5. The molecule has 4 aromatic rings. The zero-order valence-corrected chi connectivity index (χ0v) is 43.5. The van der Waals surface area contributed by atoms with Gasteiger partial charge in [-0.3, -0.25) is 0 Å². The summed E-state index contributed by atoms with van der Waals surface area (Å²) in [6.07, 6.45) is 19.3. The van der Waals surface area contributed by atoms with E-state index < -0.39 is 34.3 Å². The number of halogens is 6. The van der Waals surface area contributed by atoms with Gasteiger partial charge in [0.2, 0.25) is 0 Å². The van der Waals surface area contributed by atoms with Gasteiger partial charge < -0.3 is 0 Å². The fourth-order valence-corrected chi connectivity index (χ4v) is 11.7. The molecular weight excluding hydrogens is 915 g/mol. The summed E-state index contributed by atoms with van der Waals surface area (Å²) in [5.74, 6) is -16.2. The maximum atomic E-state index is 16.8. The Morgan fingerprint density at radius 2 is 1.00 bits per heavy atom. The molecule has 0 N–H and O–H groups in total. The molecule has 66 heavy (non-hydrogen) atoms. The lowest BCUT2D eigenvalue weighted by Gasteiger charge is -2.41. The molecular formula is C56H64F6S4. The third kappa shape index (κ3) is 11.1. The van der Waals surface area contributed by atoms with Gasteiger partial charge in [-0.1, -0.05) is 111 Å². The van der Waals surface area contributed by atoms with E-state index in [1.54, 1.807) is 62.5 Å². The molecule has 10 heteroatoms. The number of hydrogen-bond acceptors (Lipinski definition) is 4. The third-order valence-electron chi connectivity index (χ3n) is 11.0. The Labute approximate surface area is 406 Å². The largest absolute Gasteiger partial charge is 0.380 e. The number of alkyl halides is 6. The van der Waals surface area contributed by atoms with E-state index >= 15 is 26.3 Å². The smallest absolute Gasteiger partial charge is 0.194 e. The van der Waals surface area contributed by atoms with Crippen molar-refractivity contribution in [2.24, 2.45) is 5.41 Å². The van der Waals surface area contributed by atoms with Gasteiger partial charge in [0, 0.05) is 40.4 Å². The number of hydrogen-bond donors (Lipinski definition) is 0.